The molecule has 0 fully saturated rings. The first-order chi connectivity index (χ1) is 4.98. The van der Waals surface area contributed by atoms with Crippen LogP contribution in [0.1, 0.15) is 13.8 Å². The quantitative estimate of drug-likeness (QED) is 0.419. The molecule has 11 heavy (non-hydrogen) atoms. The molecule has 3 nitrogen and oxygen atoms in total. The minimum Gasteiger partial charge on any atom is -0.509 e. The summed E-state index contributed by atoms with van der Waals surface area (Å²) in [5, 5.41) is 26.6. The van der Waals surface area contributed by atoms with Crippen LogP contribution in [0.3, 0.4) is 0 Å². The summed E-state index contributed by atoms with van der Waals surface area (Å²) in [6.07, 6.45) is 4.28. The molecule has 0 bridgehead atoms. The molecule has 3 heteroatoms. The van der Waals surface area contributed by atoms with Gasteiger partial charge in [0.1, 0.15) is 11.4 Å². The topological polar surface area (TPSA) is 60.7 Å². The number of aliphatic hydroxyl groups is 3. The number of rotatable bonds is 3. The molecule has 0 saturated heterocycles. The van der Waals surface area contributed by atoms with Crippen LogP contribution in [0.2, 0.25) is 0 Å². The third-order valence-corrected chi connectivity index (χ3v) is 1.12. The van der Waals surface area contributed by atoms with Crippen molar-refractivity contribution < 1.29 is 15.3 Å². The van der Waals surface area contributed by atoms with Crippen molar-refractivity contribution in [1.82, 2.24) is 0 Å². The lowest BCUT2D eigenvalue weighted by Crippen LogP contribution is -2.21. The van der Waals surface area contributed by atoms with E-state index in [2.05, 4.69) is 0 Å². The van der Waals surface area contributed by atoms with E-state index >= 15 is 0 Å². The largest absolute Gasteiger partial charge is 0.509 e. The molecule has 0 aromatic carbocycles. The Morgan fingerprint density at radius 1 is 1.45 bits per heavy atom. The van der Waals surface area contributed by atoms with Crippen LogP contribution in [0, 0.1) is 0 Å². The zero-order valence-corrected chi connectivity index (χ0v) is 6.78. The summed E-state index contributed by atoms with van der Waals surface area (Å²) in [7, 11) is 0. The summed E-state index contributed by atoms with van der Waals surface area (Å²) >= 11 is 0. The van der Waals surface area contributed by atoms with Gasteiger partial charge in [-0.15, -0.1) is 0 Å². The highest BCUT2D eigenvalue weighted by molar-refractivity contribution is 5.13. The van der Waals surface area contributed by atoms with Crippen molar-refractivity contribution in [3.63, 3.8) is 0 Å². The fourth-order valence-electron chi connectivity index (χ4n) is 0.424. The smallest absolute Gasteiger partial charge is 0.123 e. The molecule has 0 aliphatic rings. The second-order valence-electron chi connectivity index (χ2n) is 2.72. The second kappa shape index (κ2) is 4.16. The molecule has 0 heterocycles. The first-order valence-electron chi connectivity index (χ1n) is 3.38. The lowest BCUT2D eigenvalue weighted by atomic mass is 10.1. The summed E-state index contributed by atoms with van der Waals surface area (Å²) in [4.78, 5) is 0. The van der Waals surface area contributed by atoms with Gasteiger partial charge in [0, 0.05) is 0 Å². The summed E-state index contributed by atoms with van der Waals surface area (Å²) < 4.78 is 0. The van der Waals surface area contributed by atoms with Crippen LogP contribution in [0.4, 0.5) is 0 Å². The van der Waals surface area contributed by atoms with Crippen molar-refractivity contribution in [2.45, 2.75) is 19.4 Å². The molecular weight excluding hydrogens is 144 g/mol. The molecule has 0 amide bonds. The van der Waals surface area contributed by atoms with Gasteiger partial charge >= 0.3 is 0 Å². The Balaban J connectivity index is 4.12. The molecule has 0 saturated carbocycles. The zero-order valence-electron chi connectivity index (χ0n) is 6.78. The average Bonchev–Trinajstić information content (AvgIpc) is 1.86. The minimum absolute atomic E-state index is 0.0738. The number of hydrogen-bond acceptors (Lipinski definition) is 3. The molecule has 0 aromatic rings. The van der Waals surface area contributed by atoms with Crippen LogP contribution in [0.25, 0.3) is 0 Å². The van der Waals surface area contributed by atoms with Crippen molar-refractivity contribution in [3.8, 4) is 0 Å². The highest BCUT2D eigenvalue weighted by Gasteiger charge is 2.16. The summed E-state index contributed by atoms with van der Waals surface area (Å²) in [5.41, 5.74) is -1.21. The summed E-state index contributed by atoms with van der Waals surface area (Å²) in [5.74, 6) is -0.123. The summed E-state index contributed by atoms with van der Waals surface area (Å²) in [6, 6.07) is 0. The lowest BCUT2D eigenvalue weighted by molar-refractivity contribution is 0.0712. The Hall–Kier alpha value is -0.800. The van der Waals surface area contributed by atoms with Gasteiger partial charge in [-0.3, -0.25) is 0 Å². The molecule has 0 aliphatic carbocycles. The molecule has 0 aliphatic heterocycles. The second-order valence-corrected chi connectivity index (χ2v) is 2.72. The van der Waals surface area contributed by atoms with Gasteiger partial charge in [-0.25, -0.2) is 0 Å². The van der Waals surface area contributed by atoms with Crippen molar-refractivity contribution in [2.24, 2.45) is 0 Å². The molecule has 0 rings (SSSR count). The fourth-order valence-corrected chi connectivity index (χ4v) is 0.424. The molecule has 0 atom stereocenters. The highest BCUT2D eigenvalue weighted by Crippen LogP contribution is 2.11. The maximum Gasteiger partial charge on any atom is 0.123 e. The molecule has 3 N–H and O–H groups in total. The van der Waals surface area contributed by atoms with E-state index in [-0.39, 0.29) is 12.4 Å². The molecule has 0 aromatic heterocycles. The summed E-state index contributed by atoms with van der Waals surface area (Å²) in [6.45, 7) is 2.88. The molecule has 0 spiro atoms. The average molecular weight is 158 g/mol. The number of aliphatic hydroxyl groups excluding tert-OH is 2. The van der Waals surface area contributed by atoms with Gasteiger partial charge in [-0.2, -0.15) is 0 Å². The molecule has 0 unspecified atom stereocenters. The van der Waals surface area contributed by atoms with Crippen LogP contribution in [0.5, 0.6) is 0 Å². The molecular formula is C8H14O3. The van der Waals surface area contributed by atoms with E-state index in [1.54, 1.807) is 0 Å². The van der Waals surface area contributed by atoms with E-state index in [1.165, 1.54) is 32.1 Å². The van der Waals surface area contributed by atoms with Crippen LogP contribution in [-0.4, -0.2) is 27.5 Å². The van der Waals surface area contributed by atoms with Crippen LogP contribution >= 0.6 is 0 Å². The normalized spacial score (nSPS) is 14.4. The third kappa shape index (κ3) is 4.58. The van der Waals surface area contributed by atoms with Gasteiger partial charge in [0.15, 0.2) is 0 Å². The van der Waals surface area contributed by atoms with Crippen molar-refractivity contribution >= 4 is 0 Å². The van der Waals surface area contributed by atoms with E-state index in [4.69, 9.17) is 10.2 Å². The first kappa shape index (κ1) is 10.2. The Bertz CT molecular complexity index is 163. The Kier molecular flexibility index (Phi) is 3.85. The lowest BCUT2D eigenvalue weighted by Gasteiger charge is -2.14. The van der Waals surface area contributed by atoms with E-state index in [0.717, 1.165) is 0 Å². The van der Waals surface area contributed by atoms with Crippen LogP contribution in [0.15, 0.2) is 24.0 Å². The van der Waals surface area contributed by atoms with Crippen LogP contribution in [-0.2, 0) is 0 Å². The first-order valence-corrected chi connectivity index (χ1v) is 3.38. The standard InChI is InChI=1S/C8H14O3/c1-8(2,11)7(10)5-3-4-6-9/h3-5,9-11H,6H2,1-2H3/b4-3+,7-5-. The number of hydrogen-bond donors (Lipinski definition) is 3. The monoisotopic (exact) mass is 158 g/mol. The SMILES string of the molecule is CC(C)(O)/C(O)=C/C=C/CO. The van der Waals surface area contributed by atoms with Gasteiger partial charge in [0.2, 0.25) is 0 Å². The van der Waals surface area contributed by atoms with Gasteiger partial charge in [-0.1, -0.05) is 12.2 Å². The fraction of sp³-hybridized carbons (Fsp3) is 0.500. The molecule has 0 radical (unpaired) electrons. The Morgan fingerprint density at radius 3 is 2.36 bits per heavy atom. The van der Waals surface area contributed by atoms with Crippen molar-refractivity contribution in [3.05, 3.63) is 24.0 Å². The van der Waals surface area contributed by atoms with Crippen molar-refractivity contribution in [1.29, 1.82) is 0 Å². The van der Waals surface area contributed by atoms with Gasteiger partial charge in [0.05, 0.1) is 6.61 Å². The zero-order chi connectivity index (χ0) is 8.91. The van der Waals surface area contributed by atoms with Gasteiger partial charge < -0.3 is 15.3 Å². The van der Waals surface area contributed by atoms with Crippen molar-refractivity contribution in [2.75, 3.05) is 6.61 Å². The van der Waals surface area contributed by atoms with Crippen LogP contribution < -0.4 is 0 Å². The van der Waals surface area contributed by atoms with E-state index in [0.29, 0.717) is 0 Å². The Labute approximate surface area is 66.3 Å². The van der Waals surface area contributed by atoms with E-state index in [1.807, 2.05) is 0 Å². The van der Waals surface area contributed by atoms with E-state index in [9.17, 15) is 5.11 Å². The highest BCUT2D eigenvalue weighted by atomic mass is 16.3. The third-order valence-electron chi connectivity index (χ3n) is 1.12. The van der Waals surface area contributed by atoms with Gasteiger partial charge in [-0.05, 0) is 19.9 Å². The predicted octanol–water partition coefficient (Wildman–Crippen LogP) is 0.748. The maximum absolute atomic E-state index is 9.17. The minimum atomic E-state index is -1.21. The number of allylic oxidation sites excluding steroid dienone is 2. The predicted molar refractivity (Wildman–Crippen MR) is 43.2 cm³/mol. The molecule has 64 valence electrons. The maximum atomic E-state index is 9.17. The van der Waals surface area contributed by atoms with E-state index < -0.39 is 5.60 Å². The van der Waals surface area contributed by atoms with Gasteiger partial charge in [0.25, 0.3) is 0 Å². The Morgan fingerprint density at radius 2 is 2.00 bits per heavy atom.